The summed E-state index contributed by atoms with van der Waals surface area (Å²) in [5, 5.41) is 9.34. The normalized spacial score (nSPS) is 20.0. The van der Waals surface area contributed by atoms with Crippen molar-refractivity contribution in [2.45, 2.75) is 39.1 Å². The van der Waals surface area contributed by atoms with Gasteiger partial charge >= 0.3 is 6.18 Å². The molecule has 1 fully saturated rings. The van der Waals surface area contributed by atoms with Crippen LogP contribution in [0.4, 0.5) is 13.2 Å². The van der Waals surface area contributed by atoms with Crippen molar-refractivity contribution < 1.29 is 18.3 Å². The largest absolute Gasteiger partial charge is 0.416 e. The molecule has 1 aromatic rings. The number of aliphatic hydroxyl groups is 1. The minimum Gasteiger partial charge on any atom is -0.392 e. The van der Waals surface area contributed by atoms with Crippen molar-refractivity contribution in [2.24, 2.45) is 0 Å². The van der Waals surface area contributed by atoms with Crippen LogP contribution >= 0.6 is 0 Å². The molecule has 1 atom stereocenters. The van der Waals surface area contributed by atoms with Crippen molar-refractivity contribution in [1.82, 2.24) is 4.90 Å². The molecule has 0 amide bonds. The number of alkyl halides is 3. The average Bonchev–Trinajstić information content (AvgIpc) is 2.77. The van der Waals surface area contributed by atoms with E-state index < -0.39 is 11.7 Å². The van der Waals surface area contributed by atoms with E-state index in [1.165, 1.54) is 12.1 Å². The van der Waals surface area contributed by atoms with Crippen LogP contribution in [0.25, 0.3) is 0 Å². The summed E-state index contributed by atoms with van der Waals surface area (Å²) in [6.45, 7) is 5.98. The van der Waals surface area contributed by atoms with E-state index in [1.807, 2.05) is 18.7 Å². The summed E-state index contributed by atoms with van der Waals surface area (Å²) in [5.74, 6) is 0. The van der Waals surface area contributed by atoms with Crippen molar-refractivity contribution >= 4 is 0 Å². The van der Waals surface area contributed by atoms with Crippen molar-refractivity contribution in [3.05, 3.63) is 35.4 Å². The van der Waals surface area contributed by atoms with E-state index >= 15 is 0 Å². The molecular formula is C14H20F3NO. The van der Waals surface area contributed by atoms with Gasteiger partial charge in [0.2, 0.25) is 0 Å². The van der Waals surface area contributed by atoms with Crippen LogP contribution in [0.2, 0.25) is 0 Å². The summed E-state index contributed by atoms with van der Waals surface area (Å²) < 4.78 is 37.0. The van der Waals surface area contributed by atoms with Crippen LogP contribution in [0.15, 0.2) is 24.3 Å². The molecule has 0 spiro atoms. The summed E-state index contributed by atoms with van der Waals surface area (Å²) in [6, 6.07) is 5.19. The molecular weight excluding hydrogens is 255 g/mol. The molecule has 2 nitrogen and oxygen atoms in total. The lowest BCUT2D eigenvalue weighted by Crippen LogP contribution is -2.21. The van der Waals surface area contributed by atoms with Gasteiger partial charge in [-0.2, -0.15) is 13.2 Å². The maximum Gasteiger partial charge on any atom is 0.416 e. The SMILES string of the molecule is CC.OC1CCN(Cc2ccc(C(F)(F)F)cc2)C1. The molecule has 1 N–H and O–H groups in total. The molecule has 0 bridgehead atoms. The molecule has 1 heterocycles. The first-order valence-electron chi connectivity index (χ1n) is 6.52. The maximum absolute atomic E-state index is 12.3. The van der Waals surface area contributed by atoms with Gasteiger partial charge in [-0.1, -0.05) is 26.0 Å². The van der Waals surface area contributed by atoms with Crippen LogP contribution in [-0.2, 0) is 12.7 Å². The molecule has 108 valence electrons. The predicted octanol–water partition coefficient (Wildman–Crippen LogP) is 3.30. The van der Waals surface area contributed by atoms with E-state index in [4.69, 9.17) is 0 Å². The minimum atomic E-state index is -4.28. The van der Waals surface area contributed by atoms with Gasteiger partial charge in [0.1, 0.15) is 0 Å². The molecule has 0 aromatic heterocycles. The molecule has 0 radical (unpaired) electrons. The highest BCUT2D eigenvalue weighted by Crippen LogP contribution is 2.29. The molecule has 2 rings (SSSR count). The van der Waals surface area contributed by atoms with Crippen LogP contribution in [0.5, 0.6) is 0 Å². The van der Waals surface area contributed by atoms with Crippen molar-refractivity contribution in [3.63, 3.8) is 0 Å². The third-order valence-electron chi connectivity index (χ3n) is 2.93. The Balaban J connectivity index is 0.000000861. The summed E-state index contributed by atoms with van der Waals surface area (Å²) in [4.78, 5) is 2.03. The molecule has 1 aromatic carbocycles. The number of hydrogen-bond acceptors (Lipinski definition) is 2. The summed E-state index contributed by atoms with van der Waals surface area (Å²) in [7, 11) is 0. The Morgan fingerprint density at radius 2 is 1.79 bits per heavy atom. The Kier molecular flexibility index (Phi) is 5.82. The van der Waals surface area contributed by atoms with E-state index in [2.05, 4.69) is 0 Å². The highest BCUT2D eigenvalue weighted by atomic mass is 19.4. The third-order valence-corrected chi connectivity index (χ3v) is 2.93. The van der Waals surface area contributed by atoms with Gasteiger partial charge in [0.25, 0.3) is 0 Å². The fourth-order valence-electron chi connectivity index (χ4n) is 2.01. The van der Waals surface area contributed by atoms with Crippen LogP contribution in [0, 0.1) is 0 Å². The first-order chi connectivity index (χ1) is 8.95. The van der Waals surface area contributed by atoms with Gasteiger partial charge in [-0.3, -0.25) is 4.90 Å². The number of hydrogen-bond donors (Lipinski definition) is 1. The summed E-state index contributed by atoms with van der Waals surface area (Å²) in [6.07, 6.45) is -3.84. The third kappa shape index (κ3) is 4.84. The van der Waals surface area contributed by atoms with Crippen LogP contribution in [0.1, 0.15) is 31.4 Å². The average molecular weight is 275 g/mol. The Morgan fingerprint density at radius 3 is 2.21 bits per heavy atom. The highest BCUT2D eigenvalue weighted by molar-refractivity contribution is 5.24. The van der Waals surface area contributed by atoms with E-state index in [1.54, 1.807) is 0 Å². The van der Waals surface area contributed by atoms with Gasteiger partial charge in [0.05, 0.1) is 11.7 Å². The van der Waals surface area contributed by atoms with Crippen molar-refractivity contribution in [3.8, 4) is 0 Å². The first-order valence-corrected chi connectivity index (χ1v) is 6.52. The molecule has 0 aliphatic carbocycles. The fraction of sp³-hybridized carbons (Fsp3) is 0.571. The lowest BCUT2D eigenvalue weighted by atomic mass is 10.1. The second kappa shape index (κ2) is 6.91. The number of halogens is 3. The van der Waals surface area contributed by atoms with Crippen molar-refractivity contribution in [1.29, 1.82) is 0 Å². The summed E-state index contributed by atoms with van der Waals surface area (Å²) in [5.41, 5.74) is 0.217. The van der Waals surface area contributed by atoms with Crippen molar-refractivity contribution in [2.75, 3.05) is 13.1 Å². The molecule has 5 heteroatoms. The number of β-amino-alcohol motifs (C(OH)–C–C–N with tert-alkyl or cyclic N) is 1. The first kappa shape index (κ1) is 16.0. The molecule has 1 unspecified atom stereocenters. The number of rotatable bonds is 2. The van der Waals surface area contributed by atoms with E-state index in [9.17, 15) is 18.3 Å². The van der Waals surface area contributed by atoms with Gasteiger partial charge in [-0.15, -0.1) is 0 Å². The molecule has 1 aliphatic heterocycles. The monoisotopic (exact) mass is 275 g/mol. The lowest BCUT2D eigenvalue weighted by molar-refractivity contribution is -0.137. The number of aliphatic hydroxyl groups excluding tert-OH is 1. The Morgan fingerprint density at radius 1 is 1.21 bits per heavy atom. The number of benzene rings is 1. The van der Waals surface area contributed by atoms with Crippen LogP contribution in [0.3, 0.4) is 0 Å². The zero-order chi connectivity index (χ0) is 14.5. The standard InChI is InChI=1S/C12H14F3NO.C2H6/c13-12(14,15)10-3-1-9(2-4-10)7-16-6-5-11(17)8-16;1-2/h1-4,11,17H,5-8H2;1-2H3. The van der Waals surface area contributed by atoms with E-state index in [0.717, 1.165) is 30.7 Å². The van der Waals surface area contributed by atoms with Gasteiger partial charge in [-0.25, -0.2) is 0 Å². The Hall–Kier alpha value is -1.07. The lowest BCUT2D eigenvalue weighted by Gasteiger charge is -2.15. The Labute approximate surface area is 111 Å². The van der Waals surface area contributed by atoms with Crippen LogP contribution in [-0.4, -0.2) is 29.2 Å². The van der Waals surface area contributed by atoms with Gasteiger partial charge in [0, 0.05) is 19.6 Å². The zero-order valence-electron chi connectivity index (χ0n) is 11.2. The molecule has 1 saturated heterocycles. The minimum absolute atomic E-state index is 0.301. The predicted molar refractivity (Wildman–Crippen MR) is 68.7 cm³/mol. The van der Waals surface area contributed by atoms with E-state index in [0.29, 0.717) is 13.1 Å². The Bertz CT molecular complexity index is 375. The van der Waals surface area contributed by atoms with Gasteiger partial charge in [-0.05, 0) is 24.1 Å². The van der Waals surface area contributed by atoms with Crippen LogP contribution < -0.4 is 0 Å². The van der Waals surface area contributed by atoms with E-state index in [-0.39, 0.29) is 6.10 Å². The zero-order valence-corrected chi connectivity index (χ0v) is 11.2. The maximum atomic E-state index is 12.3. The number of likely N-dealkylation sites (tertiary alicyclic amines) is 1. The quantitative estimate of drug-likeness (QED) is 0.895. The van der Waals surface area contributed by atoms with Gasteiger partial charge in [0.15, 0.2) is 0 Å². The molecule has 1 aliphatic rings. The number of nitrogens with zero attached hydrogens (tertiary/aromatic N) is 1. The smallest absolute Gasteiger partial charge is 0.392 e. The molecule has 19 heavy (non-hydrogen) atoms. The fourth-order valence-corrected chi connectivity index (χ4v) is 2.01. The topological polar surface area (TPSA) is 23.5 Å². The second-order valence-corrected chi connectivity index (χ2v) is 4.37. The highest BCUT2D eigenvalue weighted by Gasteiger charge is 2.30. The molecule has 0 saturated carbocycles. The van der Waals surface area contributed by atoms with Gasteiger partial charge < -0.3 is 5.11 Å². The second-order valence-electron chi connectivity index (χ2n) is 4.37. The summed E-state index contributed by atoms with van der Waals surface area (Å²) >= 11 is 0.